The number of aliphatic hydroxyl groups excluding tert-OH is 1. The van der Waals surface area contributed by atoms with Crippen molar-refractivity contribution in [2.75, 3.05) is 27.2 Å². The smallest absolute Gasteiger partial charge is 0.250 e. The van der Waals surface area contributed by atoms with E-state index >= 15 is 0 Å². The first-order valence-electron chi connectivity index (χ1n) is 9.19. The van der Waals surface area contributed by atoms with Crippen LogP contribution < -0.4 is 21.8 Å². The van der Waals surface area contributed by atoms with Crippen LogP contribution in [-0.2, 0) is 20.7 Å². The maximum atomic E-state index is 11.8. The molecular weight excluding hydrogens is 362 g/mol. The molecule has 6 N–H and O–H groups in total. The molecule has 0 spiro atoms. The van der Waals surface area contributed by atoms with Gasteiger partial charge in [-0.15, -0.1) is 5.10 Å². The molecule has 0 aliphatic heterocycles. The topological polar surface area (TPSA) is 138 Å². The highest BCUT2D eigenvalue weighted by molar-refractivity contribution is 5.87. The average molecular weight is 398 g/mol. The number of hydrogen-bond acceptors (Lipinski definition) is 7. The van der Waals surface area contributed by atoms with Gasteiger partial charge in [-0.1, -0.05) is 51.1 Å². The van der Waals surface area contributed by atoms with Crippen molar-refractivity contribution in [2.45, 2.75) is 39.3 Å². The van der Waals surface area contributed by atoms with Gasteiger partial charge in [-0.25, -0.2) is 5.43 Å². The van der Waals surface area contributed by atoms with Crippen molar-refractivity contribution in [3.05, 3.63) is 35.9 Å². The molecule has 2 atom stereocenters. The van der Waals surface area contributed by atoms with E-state index in [0.29, 0.717) is 12.8 Å². The molecule has 1 unspecified atom stereocenters. The minimum absolute atomic E-state index is 0.0781. The Labute approximate surface area is 167 Å². The van der Waals surface area contributed by atoms with E-state index < -0.39 is 18.1 Å². The fourth-order valence-electron chi connectivity index (χ4n) is 1.72. The van der Waals surface area contributed by atoms with E-state index in [1.807, 2.05) is 51.2 Å². The van der Waals surface area contributed by atoms with E-state index in [2.05, 4.69) is 28.1 Å². The summed E-state index contributed by atoms with van der Waals surface area (Å²) in [5, 5.41) is 18.8. The third-order valence-electron chi connectivity index (χ3n) is 3.23. The molecule has 160 valence electrons. The first-order chi connectivity index (χ1) is 13.5. The van der Waals surface area contributed by atoms with Gasteiger partial charge in [-0.3, -0.25) is 9.59 Å². The van der Waals surface area contributed by atoms with Gasteiger partial charge in [0.05, 0.1) is 13.7 Å². The Hall–Kier alpha value is -2.49. The first kappa shape index (κ1) is 27.7. The molecule has 9 heteroatoms. The summed E-state index contributed by atoms with van der Waals surface area (Å²) in [6.45, 7) is 7.06. The number of hydrazone groups is 1. The predicted octanol–water partition coefficient (Wildman–Crippen LogP) is -0.00870. The van der Waals surface area contributed by atoms with Crippen LogP contribution in [0.3, 0.4) is 0 Å². The number of carbonyl (C=O) groups is 2. The monoisotopic (exact) mass is 397 g/mol. The van der Waals surface area contributed by atoms with Crippen molar-refractivity contribution >= 4 is 18.2 Å². The van der Waals surface area contributed by atoms with Gasteiger partial charge >= 0.3 is 0 Å². The molecule has 0 heterocycles. The number of amides is 2. The van der Waals surface area contributed by atoms with Crippen LogP contribution in [-0.4, -0.2) is 62.7 Å². The molecule has 9 nitrogen and oxygen atoms in total. The summed E-state index contributed by atoms with van der Waals surface area (Å²) in [6, 6.07) is 8.58. The Bertz CT molecular complexity index is 538. The largest absolute Gasteiger partial charge is 0.482 e. The zero-order valence-corrected chi connectivity index (χ0v) is 17.4. The number of nitrogens with one attached hydrogen (secondary N) is 3. The Morgan fingerprint density at radius 2 is 1.89 bits per heavy atom. The third kappa shape index (κ3) is 13.7. The average Bonchev–Trinajstić information content (AvgIpc) is 2.75. The quantitative estimate of drug-likeness (QED) is 0.172. The first-order valence-corrected chi connectivity index (χ1v) is 9.19. The highest BCUT2D eigenvalue weighted by Crippen LogP contribution is 2.04. The number of ether oxygens (including phenoxy) is 1. The minimum atomic E-state index is -1.36. The third-order valence-corrected chi connectivity index (χ3v) is 3.23. The summed E-state index contributed by atoms with van der Waals surface area (Å²) in [5.41, 5.74) is 8.82. The highest BCUT2D eigenvalue weighted by atomic mass is 16.5. The SMILES string of the molecule is CC.CCNC.CO/C(CNC(=O)[C@@H](O)C(N)Cc1ccccc1)=N\NC=O. The predicted molar refractivity (Wildman–Crippen MR) is 112 cm³/mol. The van der Waals surface area contributed by atoms with E-state index in [9.17, 15) is 14.7 Å². The van der Waals surface area contributed by atoms with E-state index in [0.717, 1.165) is 12.1 Å². The van der Waals surface area contributed by atoms with E-state index in [-0.39, 0.29) is 12.4 Å². The number of benzene rings is 1. The molecule has 28 heavy (non-hydrogen) atoms. The number of aliphatic hydroxyl groups is 1. The Morgan fingerprint density at radius 1 is 1.32 bits per heavy atom. The lowest BCUT2D eigenvalue weighted by molar-refractivity contribution is -0.130. The van der Waals surface area contributed by atoms with Crippen LogP contribution in [0.2, 0.25) is 0 Å². The molecular formula is C19H35N5O4. The van der Waals surface area contributed by atoms with Crippen LogP contribution in [0, 0.1) is 0 Å². The van der Waals surface area contributed by atoms with E-state index in [1.165, 1.54) is 7.11 Å². The minimum Gasteiger partial charge on any atom is -0.482 e. The van der Waals surface area contributed by atoms with Crippen LogP contribution in [0.15, 0.2) is 35.4 Å². The standard InChI is InChI=1S/C14H20N4O4.C3H9N.C2H6/c1-22-12(18-17-9-19)8-16-14(21)13(20)11(15)7-10-5-3-2-4-6-10;1-3-4-2;1-2/h2-6,9,11,13,20H,7-8,15H2,1H3,(H,16,21)(H,17,19);4H,3H2,1-2H3;1-2H3/b18-12-;;/t11?,13-;;/m0../s1. The van der Waals surface area contributed by atoms with E-state index in [1.54, 1.807) is 0 Å². The fourth-order valence-corrected chi connectivity index (χ4v) is 1.72. The molecule has 0 radical (unpaired) electrons. The molecule has 0 aliphatic rings. The van der Waals surface area contributed by atoms with Gasteiger partial charge in [0.25, 0.3) is 5.91 Å². The van der Waals surface area contributed by atoms with Crippen LogP contribution >= 0.6 is 0 Å². The van der Waals surface area contributed by atoms with Crippen molar-refractivity contribution in [1.29, 1.82) is 0 Å². The zero-order valence-electron chi connectivity index (χ0n) is 17.4. The lowest BCUT2D eigenvalue weighted by Crippen LogP contribution is -2.48. The van der Waals surface area contributed by atoms with Crippen molar-refractivity contribution in [3.8, 4) is 0 Å². The summed E-state index contributed by atoms with van der Waals surface area (Å²) in [6.07, 6.45) is -0.629. The highest BCUT2D eigenvalue weighted by Gasteiger charge is 2.23. The van der Waals surface area contributed by atoms with Crippen molar-refractivity contribution in [3.63, 3.8) is 0 Å². The molecule has 0 bridgehead atoms. The van der Waals surface area contributed by atoms with E-state index in [4.69, 9.17) is 10.5 Å². The molecule has 1 aromatic carbocycles. The molecule has 1 aromatic rings. The van der Waals surface area contributed by atoms with Crippen LogP contribution in [0.5, 0.6) is 0 Å². The Balaban J connectivity index is 0. The summed E-state index contributed by atoms with van der Waals surface area (Å²) in [5.74, 6) is -0.552. The molecule has 0 aromatic heterocycles. The number of nitrogens with two attached hydrogens (primary N) is 1. The number of carbonyl (C=O) groups excluding carboxylic acids is 2. The lowest BCUT2D eigenvalue weighted by atomic mass is 10.0. The normalized spacial score (nSPS) is 12.2. The fraction of sp³-hybridized carbons (Fsp3) is 0.526. The lowest BCUT2D eigenvalue weighted by Gasteiger charge is -2.18. The van der Waals surface area contributed by atoms with Gasteiger partial charge in [0, 0.05) is 6.04 Å². The molecule has 0 saturated heterocycles. The van der Waals surface area contributed by atoms with Crippen LogP contribution in [0.25, 0.3) is 0 Å². The summed E-state index contributed by atoms with van der Waals surface area (Å²) in [4.78, 5) is 21.9. The number of methoxy groups -OCH3 is 1. The van der Waals surface area contributed by atoms with Crippen molar-refractivity contribution in [2.24, 2.45) is 10.8 Å². The zero-order chi connectivity index (χ0) is 21.8. The number of nitrogens with zero attached hydrogens (tertiary/aromatic N) is 1. The summed E-state index contributed by atoms with van der Waals surface area (Å²) >= 11 is 0. The van der Waals surface area contributed by atoms with Gasteiger partial charge in [-0.05, 0) is 25.6 Å². The number of hydrogen-bond donors (Lipinski definition) is 5. The van der Waals surface area contributed by atoms with Gasteiger partial charge in [0.2, 0.25) is 12.3 Å². The van der Waals surface area contributed by atoms with Crippen molar-refractivity contribution < 1.29 is 19.4 Å². The second kappa shape index (κ2) is 19.3. The Kier molecular flexibility index (Phi) is 19.1. The van der Waals surface area contributed by atoms with Gasteiger partial charge in [-0.2, -0.15) is 0 Å². The number of rotatable bonds is 9. The summed E-state index contributed by atoms with van der Waals surface area (Å²) < 4.78 is 4.84. The Morgan fingerprint density at radius 3 is 2.36 bits per heavy atom. The van der Waals surface area contributed by atoms with Gasteiger partial charge in [0.15, 0.2) is 0 Å². The molecule has 0 fully saturated rings. The van der Waals surface area contributed by atoms with Gasteiger partial charge in [0.1, 0.15) is 6.10 Å². The maximum absolute atomic E-state index is 11.8. The van der Waals surface area contributed by atoms with Crippen LogP contribution in [0.1, 0.15) is 26.3 Å². The second-order valence-electron chi connectivity index (χ2n) is 5.18. The second-order valence-corrected chi connectivity index (χ2v) is 5.18. The van der Waals surface area contributed by atoms with Crippen LogP contribution in [0.4, 0.5) is 0 Å². The molecule has 0 saturated carbocycles. The molecule has 0 aliphatic carbocycles. The van der Waals surface area contributed by atoms with Crippen molar-refractivity contribution in [1.82, 2.24) is 16.1 Å². The molecule has 1 rings (SSSR count). The molecule has 2 amide bonds. The summed E-state index contributed by atoms with van der Waals surface area (Å²) in [7, 11) is 3.27. The van der Waals surface area contributed by atoms with Gasteiger partial charge < -0.3 is 26.2 Å². The maximum Gasteiger partial charge on any atom is 0.250 e.